The molecule has 0 aromatic carbocycles. The van der Waals surface area contributed by atoms with E-state index in [1.807, 2.05) is 18.5 Å². The molecule has 0 aromatic rings. The number of nitrogens with two attached hydrogens (primary N) is 1. The van der Waals surface area contributed by atoms with Gasteiger partial charge in [-0.15, -0.1) is 0 Å². The molecule has 0 aromatic heterocycles. The Kier molecular flexibility index (Phi) is 3.25. The van der Waals surface area contributed by atoms with E-state index in [1.165, 1.54) is 5.70 Å². The van der Waals surface area contributed by atoms with E-state index in [0.29, 0.717) is 5.92 Å². The summed E-state index contributed by atoms with van der Waals surface area (Å²) in [5.41, 5.74) is 8.17. The zero-order valence-electron chi connectivity index (χ0n) is 8.41. The van der Waals surface area contributed by atoms with Crippen LogP contribution in [0.1, 0.15) is 13.8 Å². The summed E-state index contributed by atoms with van der Waals surface area (Å²) in [4.78, 5) is 4.01. The van der Waals surface area contributed by atoms with Gasteiger partial charge in [0.05, 0.1) is 6.04 Å². The van der Waals surface area contributed by atoms with Crippen molar-refractivity contribution < 1.29 is 0 Å². The molecule has 0 spiro atoms. The van der Waals surface area contributed by atoms with Gasteiger partial charge in [-0.05, 0) is 18.2 Å². The fourth-order valence-corrected chi connectivity index (χ4v) is 1.40. The number of allylic oxidation sites excluding steroid dienone is 1. The molecule has 0 radical (unpaired) electrons. The summed E-state index contributed by atoms with van der Waals surface area (Å²) in [7, 11) is 1.76. The van der Waals surface area contributed by atoms with Crippen molar-refractivity contribution in [3.05, 3.63) is 23.5 Å². The Balaban J connectivity index is 2.99. The van der Waals surface area contributed by atoms with Crippen LogP contribution in [-0.4, -0.2) is 19.3 Å². The van der Waals surface area contributed by atoms with Gasteiger partial charge in [-0.25, -0.2) is 0 Å². The van der Waals surface area contributed by atoms with Gasteiger partial charge in [-0.3, -0.25) is 4.99 Å². The second-order valence-corrected chi connectivity index (χ2v) is 3.44. The highest BCUT2D eigenvalue weighted by Gasteiger charge is 2.16. The number of aliphatic imine (C=N–C) groups is 1. The Hall–Kier alpha value is -1.09. The van der Waals surface area contributed by atoms with E-state index in [0.717, 1.165) is 5.57 Å². The first kappa shape index (κ1) is 9.99. The van der Waals surface area contributed by atoms with Crippen molar-refractivity contribution in [3.63, 3.8) is 0 Å². The van der Waals surface area contributed by atoms with E-state index in [-0.39, 0.29) is 6.04 Å². The fraction of sp³-hybridized carbons (Fsp3) is 0.500. The lowest BCUT2D eigenvalue weighted by Gasteiger charge is -2.22. The van der Waals surface area contributed by atoms with Crippen LogP contribution in [0.25, 0.3) is 0 Å². The number of nitrogens with one attached hydrogen (secondary N) is 1. The third-order valence-electron chi connectivity index (χ3n) is 2.06. The highest BCUT2D eigenvalue weighted by molar-refractivity contribution is 5.82. The third-order valence-corrected chi connectivity index (χ3v) is 2.06. The van der Waals surface area contributed by atoms with E-state index in [9.17, 15) is 0 Å². The van der Waals surface area contributed by atoms with Gasteiger partial charge < -0.3 is 11.1 Å². The molecule has 1 aliphatic rings. The first-order valence-corrected chi connectivity index (χ1v) is 4.51. The van der Waals surface area contributed by atoms with Crippen molar-refractivity contribution in [2.24, 2.45) is 16.6 Å². The molecule has 3 heteroatoms. The average Bonchev–Trinajstić information content (AvgIpc) is 2.08. The molecule has 0 amide bonds. The predicted molar refractivity (Wildman–Crippen MR) is 56.5 cm³/mol. The maximum absolute atomic E-state index is 5.92. The lowest BCUT2D eigenvalue weighted by Crippen LogP contribution is -2.31. The minimum Gasteiger partial charge on any atom is -0.365 e. The fourth-order valence-electron chi connectivity index (χ4n) is 1.40. The van der Waals surface area contributed by atoms with E-state index < -0.39 is 0 Å². The normalized spacial score (nSPS) is 23.0. The van der Waals surface area contributed by atoms with Crippen LogP contribution in [0.3, 0.4) is 0 Å². The standard InChI is InChI=1S/C10H17N3/c1-7(2)10-8(6-12-3)9(11)4-5-13-10/h4-7,9,13H,11H2,1-3H3. The van der Waals surface area contributed by atoms with Crippen LogP contribution in [0.5, 0.6) is 0 Å². The van der Waals surface area contributed by atoms with Gasteiger partial charge in [0.2, 0.25) is 0 Å². The van der Waals surface area contributed by atoms with Crippen LogP contribution in [0.4, 0.5) is 0 Å². The summed E-state index contributed by atoms with van der Waals surface area (Å²) in [6.45, 7) is 4.27. The lowest BCUT2D eigenvalue weighted by atomic mass is 9.97. The maximum Gasteiger partial charge on any atom is 0.0530 e. The van der Waals surface area contributed by atoms with E-state index >= 15 is 0 Å². The first-order chi connectivity index (χ1) is 6.16. The molecular weight excluding hydrogens is 162 g/mol. The highest BCUT2D eigenvalue weighted by Crippen LogP contribution is 2.16. The molecule has 0 aliphatic carbocycles. The van der Waals surface area contributed by atoms with Crippen molar-refractivity contribution >= 4 is 6.21 Å². The van der Waals surface area contributed by atoms with Gasteiger partial charge in [0.25, 0.3) is 0 Å². The van der Waals surface area contributed by atoms with Crippen LogP contribution in [0.15, 0.2) is 28.5 Å². The zero-order valence-corrected chi connectivity index (χ0v) is 8.41. The molecule has 0 saturated carbocycles. The van der Waals surface area contributed by atoms with E-state index in [1.54, 1.807) is 7.05 Å². The van der Waals surface area contributed by atoms with Gasteiger partial charge in [-0.2, -0.15) is 0 Å². The van der Waals surface area contributed by atoms with Gasteiger partial charge in [-0.1, -0.05) is 13.8 Å². The zero-order chi connectivity index (χ0) is 9.84. The summed E-state index contributed by atoms with van der Waals surface area (Å²) in [5.74, 6) is 0.448. The van der Waals surface area contributed by atoms with Crippen molar-refractivity contribution in [2.45, 2.75) is 19.9 Å². The summed E-state index contributed by atoms with van der Waals surface area (Å²) < 4.78 is 0. The molecule has 3 N–H and O–H groups in total. The van der Waals surface area contributed by atoms with Gasteiger partial charge in [0, 0.05) is 24.5 Å². The molecule has 1 rings (SSSR count). The van der Waals surface area contributed by atoms with Gasteiger partial charge >= 0.3 is 0 Å². The van der Waals surface area contributed by atoms with Crippen LogP contribution >= 0.6 is 0 Å². The van der Waals surface area contributed by atoms with Crippen molar-refractivity contribution in [3.8, 4) is 0 Å². The number of nitrogens with zero attached hydrogens (tertiary/aromatic N) is 1. The Morgan fingerprint density at radius 2 is 2.31 bits per heavy atom. The number of rotatable bonds is 2. The van der Waals surface area contributed by atoms with Crippen molar-refractivity contribution in [1.82, 2.24) is 5.32 Å². The van der Waals surface area contributed by atoms with E-state index in [2.05, 4.69) is 24.2 Å². The minimum atomic E-state index is -0.0256. The monoisotopic (exact) mass is 179 g/mol. The topological polar surface area (TPSA) is 50.4 Å². The highest BCUT2D eigenvalue weighted by atomic mass is 14.9. The second-order valence-electron chi connectivity index (χ2n) is 3.44. The van der Waals surface area contributed by atoms with Crippen LogP contribution in [0.2, 0.25) is 0 Å². The summed E-state index contributed by atoms with van der Waals surface area (Å²) >= 11 is 0. The second kappa shape index (κ2) is 4.23. The molecule has 1 unspecified atom stereocenters. The SMILES string of the molecule is CN=CC1=C(C(C)C)NC=CC1N. The average molecular weight is 179 g/mol. The molecule has 1 atom stereocenters. The Labute approximate surface area is 79.4 Å². The molecule has 13 heavy (non-hydrogen) atoms. The molecule has 0 saturated heterocycles. The molecule has 0 fully saturated rings. The molecule has 0 bridgehead atoms. The quantitative estimate of drug-likeness (QED) is 0.622. The van der Waals surface area contributed by atoms with Crippen molar-refractivity contribution in [1.29, 1.82) is 0 Å². The van der Waals surface area contributed by atoms with Gasteiger partial charge in [0.15, 0.2) is 0 Å². The van der Waals surface area contributed by atoms with Crippen LogP contribution in [-0.2, 0) is 0 Å². The van der Waals surface area contributed by atoms with Gasteiger partial charge in [0.1, 0.15) is 0 Å². The molecule has 1 aliphatic heterocycles. The predicted octanol–water partition coefficient (Wildman–Crippen LogP) is 1.04. The first-order valence-electron chi connectivity index (χ1n) is 4.51. The number of dihydropyridines is 1. The molecular formula is C10H17N3. The summed E-state index contributed by atoms with van der Waals surface area (Å²) in [5, 5.41) is 3.21. The number of hydrogen-bond donors (Lipinski definition) is 2. The maximum atomic E-state index is 5.92. The lowest BCUT2D eigenvalue weighted by molar-refractivity contribution is 0.684. The molecule has 3 nitrogen and oxygen atoms in total. The Bertz CT molecular complexity index is 261. The minimum absolute atomic E-state index is 0.0256. The van der Waals surface area contributed by atoms with E-state index in [4.69, 9.17) is 5.73 Å². The molecule has 1 heterocycles. The molecule has 72 valence electrons. The number of hydrogen-bond acceptors (Lipinski definition) is 3. The van der Waals surface area contributed by atoms with Crippen LogP contribution in [0, 0.1) is 5.92 Å². The largest absolute Gasteiger partial charge is 0.365 e. The van der Waals surface area contributed by atoms with Crippen molar-refractivity contribution in [2.75, 3.05) is 7.05 Å². The van der Waals surface area contributed by atoms with Crippen LogP contribution < -0.4 is 11.1 Å². The Morgan fingerprint density at radius 1 is 1.62 bits per heavy atom. The smallest absolute Gasteiger partial charge is 0.0530 e. The summed E-state index contributed by atoms with van der Waals surface area (Å²) in [6, 6.07) is -0.0256. The third kappa shape index (κ3) is 2.18. The Morgan fingerprint density at radius 3 is 2.85 bits per heavy atom. The summed E-state index contributed by atoms with van der Waals surface area (Å²) in [6.07, 6.45) is 5.66.